The van der Waals surface area contributed by atoms with Gasteiger partial charge in [0.2, 0.25) is 0 Å². The van der Waals surface area contributed by atoms with Crippen LogP contribution >= 0.6 is 24.0 Å². The van der Waals surface area contributed by atoms with Crippen LogP contribution < -0.4 is 10.6 Å². The van der Waals surface area contributed by atoms with Gasteiger partial charge in [0.25, 0.3) is 0 Å². The third-order valence-electron chi connectivity index (χ3n) is 5.16. The Bertz CT molecular complexity index is 703. The van der Waals surface area contributed by atoms with Crippen LogP contribution in [0.25, 0.3) is 5.65 Å². The summed E-state index contributed by atoms with van der Waals surface area (Å²) in [6, 6.07) is 6.43. The molecule has 144 valence electrons. The van der Waals surface area contributed by atoms with E-state index in [1.54, 1.807) is 0 Å². The van der Waals surface area contributed by atoms with Gasteiger partial charge >= 0.3 is 0 Å². The second-order valence-corrected chi connectivity index (χ2v) is 7.24. The van der Waals surface area contributed by atoms with Crippen LogP contribution in [0.1, 0.15) is 52.3 Å². The van der Waals surface area contributed by atoms with Gasteiger partial charge in [-0.1, -0.05) is 19.9 Å². The monoisotopic (exact) mass is 470 g/mol. The Balaban J connectivity index is 0.00000243. The highest BCUT2D eigenvalue weighted by atomic mass is 127. The molecule has 6 nitrogen and oxygen atoms in total. The number of nitrogens with one attached hydrogen (secondary N) is 2. The Kier molecular flexibility index (Phi) is 8.12. The molecule has 0 amide bonds. The summed E-state index contributed by atoms with van der Waals surface area (Å²) in [5, 5.41) is 15.4. The summed E-state index contributed by atoms with van der Waals surface area (Å²) in [7, 11) is 0. The smallest absolute Gasteiger partial charge is 0.191 e. The van der Waals surface area contributed by atoms with Crippen molar-refractivity contribution in [1.82, 2.24) is 25.2 Å². The van der Waals surface area contributed by atoms with E-state index in [-0.39, 0.29) is 24.0 Å². The predicted molar refractivity (Wildman–Crippen MR) is 117 cm³/mol. The number of nitrogens with zero attached hydrogens (tertiary/aromatic N) is 4. The Labute approximate surface area is 173 Å². The zero-order chi connectivity index (χ0) is 17.6. The van der Waals surface area contributed by atoms with E-state index in [1.807, 2.05) is 28.8 Å². The number of hydrogen-bond acceptors (Lipinski definition) is 3. The van der Waals surface area contributed by atoms with Gasteiger partial charge in [0.05, 0.1) is 0 Å². The lowest BCUT2D eigenvalue weighted by atomic mass is 9.80. The van der Waals surface area contributed by atoms with Gasteiger partial charge in [-0.15, -0.1) is 34.2 Å². The molecule has 0 aromatic carbocycles. The highest BCUT2D eigenvalue weighted by Crippen LogP contribution is 2.29. The van der Waals surface area contributed by atoms with E-state index in [1.165, 1.54) is 25.7 Å². The van der Waals surface area contributed by atoms with Gasteiger partial charge in [0.15, 0.2) is 17.4 Å². The molecule has 2 N–H and O–H groups in total. The normalized spacial score (nSPS) is 20.8. The van der Waals surface area contributed by atoms with Gasteiger partial charge in [0.1, 0.15) is 6.54 Å². The number of aliphatic imine (C=N–C) groups is 1. The van der Waals surface area contributed by atoms with Gasteiger partial charge in [-0.25, -0.2) is 4.99 Å². The molecule has 1 saturated carbocycles. The second kappa shape index (κ2) is 10.1. The van der Waals surface area contributed by atoms with Crippen molar-refractivity contribution < 1.29 is 0 Å². The topological polar surface area (TPSA) is 66.6 Å². The molecule has 1 aliphatic carbocycles. The predicted octanol–water partition coefficient (Wildman–Crippen LogP) is 3.62. The summed E-state index contributed by atoms with van der Waals surface area (Å²) >= 11 is 0. The number of guanidine groups is 1. The van der Waals surface area contributed by atoms with Gasteiger partial charge < -0.3 is 10.6 Å². The van der Waals surface area contributed by atoms with Crippen molar-refractivity contribution in [1.29, 1.82) is 0 Å². The number of fused-ring (bicyclic) bond motifs is 1. The molecule has 26 heavy (non-hydrogen) atoms. The van der Waals surface area contributed by atoms with E-state index >= 15 is 0 Å². The molecular weight excluding hydrogens is 439 g/mol. The van der Waals surface area contributed by atoms with Crippen molar-refractivity contribution in [3.8, 4) is 0 Å². The molecule has 0 unspecified atom stereocenters. The molecule has 0 bridgehead atoms. The van der Waals surface area contributed by atoms with Gasteiger partial charge in [-0.2, -0.15) is 0 Å². The highest BCUT2D eigenvalue weighted by molar-refractivity contribution is 14.0. The molecule has 0 spiro atoms. The fourth-order valence-electron chi connectivity index (χ4n) is 3.59. The number of hydrogen-bond donors (Lipinski definition) is 2. The fourth-order valence-corrected chi connectivity index (χ4v) is 3.59. The second-order valence-electron chi connectivity index (χ2n) is 7.24. The number of halogens is 1. The van der Waals surface area contributed by atoms with E-state index in [0.29, 0.717) is 12.6 Å². The van der Waals surface area contributed by atoms with Crippen LogP contribution in [0.15, 0.2) is 29.4 Å². The first-order chi connectivity index (χ1) is 12.2. The highest BCUT2D eigenvalue weighted by Gasteiger charge is 2.23. The minimum absolute atomic E-state index is 0. The van der Waals surface area contributed by atoms with Crippen LogP contribution in [0.4, 0.5) is 0 Å². The first-order valence-electron chi connectivity index (χ1n) is 9.51. The minimum atomic E-state index is 0. The molecule has 1 fully saturated rings. The summed E-state index contributed by atoms with van der Waals surface area (Å²) < 4.78 is 1.99. The third kappa shape index (κ3) is 5.31. The van der Waals surface area contributed by atoms with Crippen LogP contribution in [0, 0.1) is 11.8 Å². The first-order valence-corrected chi connectivity index (χ1v) is 9.51. The van der Waals surface area contributed by atoms with Crippen LogP contribution in [0.5, 0.6) is 0 Å². The third-order valence-corrected chi connectivity index (χ3v) is 5.16. The summed E-state index contributed by atoms with van der Waals surface area (Å²) in [5.41, 5.74) is 0.859. The largest absolute Gasteiger partial charge is 0.357 e. The standard InChI is InChI=1S/C19H30N6.HI/c1-4-20-19(22-16-10-8-15(9-11-16)14(2)3)21-13-18-24-23-17-7-5-6-12-25(17)18;/h5-7,12,14-16H,4,8-11,13H2,1-3H3,(H2,20,21,22);1H. The lowest BCUT2D eigenvalue weighted by molar-refractivity contribution is 0.250. The fraction of sp³-hybridized carbons (Fsp3) is 0.632. The van der Waals surface area contributed by atoms with Crippen LogP contribution in [-0.2, 0) is 6.54 Å². The molecule has 2 aromatic heterocycles. The van der Waals surface area contributed by atoms with Gasteiger partial charge in [-0.05, 0) is 56.6 Å². The average Bonchev–Trinajstić information content (AvgIpc) is 3.03. The zero-order valence-corrected chi connectivity index (χ0v) is 18.3. The van der Waals surface area contributed by atoms with Crippen molar-refractivity contribution in [2.45, 2.75) is 59.0 Å². The molecule has 0 atom stereocenters. The summed E-state index contributed by atoms with van der Waals surface area (Å²) in [6.07, 6.45) is 7.04. The van der Waals surface area contributed by atoms with Crippen LogP contribution in [-0.4, -0.2) is 33.1 Å². The SMILES string of the molecule is CCNC(=NCc1nnc2ccccn12)NC1CCC(C(C)C)CC1.I. The summed E-state index contributed by atoms with van der Waals surface area (Å²) in [6.45, 7) is 8.15. The van der Waals surface area contributed by atoms with Crippen LogP contribution in [0.2, 0.25) is 0 Å². The molecule has 0 aliphatic heterocycles. The first kappa shape index (κ1) is 20.9. The molecule has 1 aliphatic rings. The molecule has 0 radical (unpaired) electrons. The zero-order valence-electron chi connectivity index (χ0n) is 16.0. The van der Waals surface area contributed by atoms with Gasteiger partial charge in [-0.3, -0.25) is 4.40 Å². The number of pyridine rings is 1. The van der Waals surface area contributed by atoms with E-state index < -0.39 is 0 Å². The Morgan fingerprint density at radius 3 is 2.69 bits per heavy atom. The van der Waals surface area contributed by atoms with Crippen molar-refractivity contribution in [3.05, 3.63) is 30.2 Å². The lowest BCUT2D eigenvalue weighted by Gasteiger charge is -2.32. The molecule has 3 rings (SSSR count). The summed E-state index contributed by atoms with van der Waals surface area (Å²) in [5.74, 6) is 3.41. The molecule has 2 aromatic rings. The van der Waals surface area contributed by atoms with Crippen LogP contribution in [0.3, 0.4) is 0 Å². The van der Waals surface area contributed by atoms with Crippen molar-refractivity contribution in [2.75, 3.05) is 6.54 Å². The van der Waals surface area contributed by atoms with E-state index in [2.05, 4.69) is 41.6 Å². The Hall–Kier alpha value is -1.38. The van der Waals surface area contributed by atoms with Gasteiger partial charge in [0, 0.05) is 18.8 Å². The maximum atomic E-state index is 4.73. The molecule has 7 heteroatoms. The Morgan fingerprint density at radius 2 is 2.00 bits per heavy atom. The summed E-state index contributed by atoms with van der Waals surface area (Å²) in [4.78, 5) is 4.73. The number of rotatable bonds is 5. The Morgan fingerprint density at radius 1 is 1.23 bits per heavy atom. The maximum absolute atomic E-state index is 4.73. The van der Waals surface area contributed by atoms with Crippen molar-refractivity contribution >= 4 is 35.6 Å². The number of aromatic nitrogens is 3. The van der Waals surface area contributed by atoms with E-state index in [0.717, 1.165) is 35.8 Å². The average molecular weight is 470 g/mol. The molecule has 0 saturated heterocycles. The van der Waals surface area contributed by atoms with E-state index in [9.17, 15) is 0 Å². The van der Waals surface area contributed by atoms with E-state index in [4.69, 9.17) is 4.99 Å². The maximum Gasteiger partial charge on any atom is 0.191 e. The van der Waals surface area contributed by atoms with Crippen molar-refractivity contribution in [2.24, 2.45) is 16.8 Å². The lowest BCUT2D eigenvalue weighted by Crippen LogP contribution is -2.45. The minimum Gasteiger partial charge on any atom is -0.357 e. The molecular formula is C19H31IN6. The molecule has 2 heterocycles. The van der Waals surface area contributed by atoms with Crippen molar-refractivity contribution in [3.63, 3.8) is 0 Å². The quantitative estimate of drug-likeness (QED) is 0.398.